The largest absolute Gasteiger partial charge is 0.489 e. The monoisotopic (exact) mass is 569 g/mol. The van der Waals surface area contributed by atoms with Gasteiger partial charge in [0.25, 0.3) is 11.8 Å². The van der Waals surface area contributed by atoms with Crippen LogP contribution in [0.25, 0.3) is 5.65 Å². The number of hydrogen-bond acceptors (Lipinski definition) is 6. The first-order valence-electron chi connectivity index (χ1n) is 12.8. The van der Waals surface area contributed by atoms with Gasteiger partial charge in [-0.3, -0.25) is 14.0 Å². The fourth-order valence-corrected chi connectivity index (χ4v) is 6.32. The van der Waals surface area contributed by atoms with Crippen LogP contribution in [0.15, 0.2) is 54.2 Å². The average Bonchev–Trinajstić information content (AvgIpc) is 3.65. The third-order valence-electron chi connectivity index (χ3n) is 7.26. The molecule has 1 fully saturated rings. The summed E-state index contributed by atoms with van der Waals surface area (Å²) in [4.78, 5) is 35.4. The number of likely N-dealkylation sites (N-methyl/N-ethyl adjacent to an activating group) is 1. The Morgan fingerprint density at radius 1 is 1.18 bits per heavy atom. The standard InChI is InChI=1S/C28H26F3N5O3S/c1-34-8-5-19(14-34)39-20-11-17(28(29,30)31)10-18(12-20)33-26(37)22-16-40-24-15-35(9-6-21(22)24)27(38)23-13-32-25-4-2-3-7-36(23)25/h2-4,7,10-13,16,19H,5-6,8-9,14-15H2,1H3,(H,33,37). The van der Waals surface area contributed by atoms with Crippen LogP contribution in [0.4, 0.5) is 18.9 Å². The zero-order valence-corrected chi connectivity index (χ0v) is 22.4. The molecule has 0 saturated carbocycles. The minimum Gasteiger partial charge on any atom is -0.489 e. The van der Waals surface area contributed by atoms with E-state index in [1.54, 1.807) is 27.1 Å². The summed E-state index contributed by atoms with van der Waals surface area (Å²) >= 11 is 1.36. The fourth-order valence-electron chi connectivity index (χ4n) is 5.23. The predicted octanol–water partition coefficient (Wildman–Crippen LogP) is 4.95. The number of rotatable bonds is 5. The van der Waals surface area contributed by atoms with Crippen molar-refractivity contribution in [3.63, 3.8) is 0 Å². The van der Waals surface area contributed by atoms with Crippen LogP contribution in [0.5, 0.6) is 5.75 Å². The highest BCUT2D eigenvalue weighted by Crippen LogP contribution is 2.36. The zero-order chi connectivity index (χ0) is 28.0. The van der Waals surface area contributed by atoms with Crippen molar-refractivity contribution in [3.05, 3.63) is 81.4 Å². The molecule has 40 heavy (non-hydrogen) atoms. The molecule has 6 rings (SSSR count). The molecular weight excluding hydrogens is 543 g/mol. The van der Waals surface area contributed by atoms with Crippen molar-refractivity contribution in [2.75, 3.05) is 32.0 Å². The highest BCUT2D eigenvalue weighted by molar-refractivity contribution is 7.10. The van der Waals surface area contributed by atoms with Crippen LogP contribution in [0, 0.1) is 0 Å². The smallest absolute Gasteiger partial charge is 0.416 e. The molecule has 5 heterocycles. The van der Waals surface area contributed by atoms with E-state index in [4.69, 9.17) is 4.74 Å². The molecule has 0 bridgehead atoms. The summed E-state index contributed by atoms with van der Waals surface area (Å²) in [6.07, 6.45) is -0.299. The third-order valence-corrected chi connectivity index (χ3v) is 8.27. The van der Waals surface area contributed by atoms with E-state index in [0.717, 1.165) is 29.1 Å². The van der Waals surface area contributed by atoms with E-state index in [1.165, 1.54) is 17.4 Å². The molecule has 12 heteroatoms. The first-order valence-corrected chi connectivity index (χ1v) is 13.7. The van der Waals surface area contributed by atoms with E-state index >= 15 is 0 Å². The number of carbonyl (C=O) groups excluding carboxylic acids is 2. The summed E-state index contributed by atoms with van der Waals surface area (Å²) in [6.45, 7) is 2.16. The maximum Gasteiger partial charge on any atom is 0.416 e. The van der Waals surface area contributed by atoms with Gasteiger partial charge in [-0.2, -0.15) is 13.2 Å². The maximum atomic E-state index is 13.6. The van der Waals surface area contributed by atoms with Gasteiger partial charge in [0.2, 0.25) is 0 Å². The number of halogens is 3. The molecule has 1 saturated heterocycles. The number of nitrogens with one attached hydrogen (secondary N) is 1. The second-order valence-electron chi connectivity index (χ2n) is 10.1. The molecule has 4 aromatic rings. The number of aromatic nitrogens is 2. The molecule has 3 aromatic heterocycles. The summed E-state index contributed by atoms with van der Waals surface area (Å²) in [5.74, 6) is -0.585. The SMILES string of the molecule is CN1CCC(Oc2cc(NC(=O)c3csc4c3CCN(C(=O)c3cnc5ccccn35)C4)cc(C(F)(F)F)c2)C1. The van der Waals surface area contributed by atoms with Gasteiger partial charge >= 0.3 is 6.18 Å². The van der Waals surface area contributed by atoms with E-state index in [0.29, 0.717) is 49.4 Å². The molecule has 1 atom stereocenters. The number of hydrogen-bond donors (Lipinski definition) is 1. The molecule has 1 unspecified atom stereocenters. The number of thiophene rings is 1. The highest BCUT2D eigenvalue weighted by Gasteiger charge is 2.33. The van der Waals surface area contributed by atoms with Crippen LogP contribution in [0.1, 0.15) is 43.3 Å². The lowest BCUT2D eigenvalue weighted by molar-refractivity contribution is -0.137. The van der Waals surface area contributed by atoms with E-state index in [2.05, 4.69) is 10.3 Å². The van der Waals surface area contributed by atoms with E-state index in [9.17, 15) is 22.8 Å². The minimum atomic E-state index is -4.59. The Morgan fingerprint density at radius 2 is 2.02 bits per heavy atom. The Balaban J connectivity index is 1.19. The van der Waals surface area contributed by atoms with Crippen LogP contribution in [0.2, 0.25) is 0 Å². The Kier molecular flexibility index (Phi) is 6.75. The van der Waals surface area contributed by atoms with E-state index < -0.39 is 17.6 Å². The molecular formula is C28H26F3N5O3S. The van der Waals surface area contributed by atoms with Crippen LogP contribution >= 0.6 is 11.3 Å². The molecule has 2 aliphatic heterocycles. The van der Waals surface area contributed by atoms with E-state index in [1.807, 2.05) is 30.1 Å². The zero-order valence-electron chi connectivity index (χ0n) is 21.6. The molecule has 8 nitrogen and oxygen atoms in total. The summed E-state index contributed by atoms with van der Waals surface area (Å²) in [7, 11) is 1.93. The van der Waals surface area contributed by atoms with Crippen molar-refractivity contribution >= 4 is 34.5 Å². The topological polar surface area (TPSA) is 79.2 Å². The van der Waals surface area contributed by atoms with Crippen molar-refractivity contribution in [1.29, 1.82) is 0 Å². The Morgan fingerprint density at radius 3 is 2.80 bits per heavy atom. The number of alkyl halides is 3. The molecule has 1 N–H and O–H groups in total. The van der Waals surface area contributed by atoms with Gasteiger partial charge in [-0.25, -0.2) is 4.98 Å². The summed E-state index contributed by atoms with van der Waals surface area (Å²) in [5, 5.41) is 4.34. The predicted molar refractivity (Wildman–Crippen MR) is 144 cm³/mol. The molecule has 0 spiro atoms. The van der Waals surface area contributed by atoms with Gasteiger partial charge in [0.15, 0.2) is 0 Å². The number of likely N-dealkylation sites (tertiary alicyclic amines) is 1. The number of pyridine rings is 1. The van der Waals surface area contributed by atoms with Gasteiger partial charge in [-0.15, -0.1) is 11.3 Å². The molecule has 2 aliphatic rings. The number of anilines is 1. The Labute approximate surface area is 232 Å². The van der Waals surface area contributed by atoms with Crippen molar-refractivity contribution in [3.8, 4) is 5.75 Å². The van der Waals surface area contributed by atoms with E-state index in [-0.39, 0.29) is 23.4 Å². The molecule has 0 radical (unpaired) electrons. The number of nitrogens with zero attached hydrogens (tertiary/aromatic N) is 4. The lowest BCUT2D eigenvalue weighted by Crippen LogP contribution is -2.36. The van der Waals surface area contributed by atoms with Crippen LogP contribution in [-0.2, 0) is 19.1 Å². The number of amides is 2. The van der Waals surface area contributed by atoms with Crippen LogP contribution in [-0.4, -0.2) is 63.8 Å². The number of fused-ring (bicyclic) bond motifs is 2. The van der Waals surface area contributed by atoms with Gasteiger partial charge in [0.05, 0.1) is 23.9 Å². The third kappa shape index (κ3) is 5.16. The van der Waals surface area contributed by atoms with Gasteiger partial charge in [-0.1, -0.05) is 6.07 Å². The lowest BCUT2D eigenvalue weighted by Gasteiger charge is -2.27. The maximum absolute atomic E-state index is 13.6. The first-order chi connectivity index (χ1) is 19.2. The van der Waals surface area contributed by atoms with Crippen LogP contribution in [0.3, 0.4) is 0 Å². The van der Waals surface area contributed by atoms with Gasteiger partial charge in [-0.05, 0) is 49.7 Å². The number of carbonyl (C=O) groups is 2. The second kappa shape index (κ2) is 10.3. The summed E-state index contributed by atoms with van der Waals surface area (Å²) in [5.41, 5.74) is 1.47. The number of ether oxygens (including phenoxy) is 1. The molecule has 1 aromatic carbocycles. The average molecular weight is 570 g/mol. The number of benzene rings is 1. The molecule has 2 amide bonds. The van der Waals surface area contributed by atoms with Crippen molar-refractivity contribution < 1.29 is 27.5 Å². The second-order valence-corrected chi connectivity index (χ2v) is 11.1. The van der Waals surface area contributed by atoms with Crippen LogP contribution < -0.4 is 10.1 Å². The summed E-state index contributed by atoms with van der Waals surface area (Å²) in [6, 6.07) is 8.82. The minimum absolute atomic E-state index is 0.0151. The van der Waals surface area contributed by atoms with Gasteiger partial charge < -0.3 is 19.9 Å². The fraction of sp³-hybridized carbons (Fsp3) is 0.321. The van der Waals surface area contributed by atoms with Gasteiger partial charge in [0, 0.05) is 47.8 Å². The molecule has 208 valence electrons. The van der Waals surface area contributed by atoms with Crippen molar-refractivity contribution in [2.24, 2.45) is 0 Å². The van der Waals surface area contributed by atoms with Crippen molar-refractivity contribution in [1.82, 2.24) is 19.2 Å². The van der Waals surface area contributed by atoms with Gasteiger partial charge in [0.1, 0.15) is 23.2 Å². The molecule has 0 aliphatic carbocycles. The Hall–Kier alpha value is -3.90. The quantitative estimate of drug-likeness (QED) is 0.368. The normalized spacial score (nSPS) is 17.7. The lowest BCUT2D eigenvalue weighted by atomic mass is 10.0. The summed E-state index contributed by atoms with van der Waals surface area (Å²) < 4.78 is 48.5. The first kappa shape index (κ1) is 26.3. The number of imidazole rings is 1. The van der Waals surface area contributed by atoms with Crippen molar-refractivity contribution in [2.45, 2.75) is 31.7 Å². The Bertz CT molecular complexity index is 1600. The highest BCUT2D eigenvalue weighted by atomic mass is 32.1.